The lowest BCUT2D eigenvalue weighted by atomic mass is 10.3. The Labute approximate surface area is 94.0 Å². The fourth-order valence-electron chi connectivity index (χ4n) is 0.645. The van der Waals surface area contributed by atoms with Crippen molar-refractivity contribution in [1.29, 1.82) is 0 Å². The van der Waals surface area contributed by atoms with Gasteiger partial charge in [-0.05, 0) is 45.2 Å². The largest absolute Gasteiger partial charge is 0.267 e. The van der Waals surface area contributed by atoms with E-state index in [2.05, 4.69) is 4.98 Å². The highest BCUT2D eigenvalue weighted by atomic mass is 127. The van der Waals surface area contributed by atoms with Crippen molar-refractivity contribution in [3.05, 3.63) is 24.8 Å². The second-order valence-corrected chi connectivity index (χ2v) is 4.03. The van der Waals surface area contributed by atoms with E-state index in [0.29, 0.717) is 0 Å². The normalized spacial score (nSPS) is 10.8. The third-order valence-electron chi connectivity index (χ3n) is 1.18. The van der Waals surface area contributed by atoms with E-state index in [4.69, 9.17) is 0 Å². The van der Waals surface area contributed by atoms with Crippen molar-refractivity contribution in [2.45, 2.75) is 6.43 Å². The van der Waals surface area contributed by atoms with Crippen LogP contribution < -0.4 is 0 Å². The first-order valence-corrected chi connectivity index (χ1v) is 4.97. The van der Waals surface area contributed by atoms with Gasteiger partial charge in [0.05, 0.1) is 15.3 Å². The molecular weight excluding hydrogens is 397 g/mol. The van der Waals surface area contributed by atoms with Crippen LogP contribution in [-0.4, -0.2) is 4.98 Å². The van der Waals surface area contributed by atoms with Gasteiger partial charge in [0.25, 0.3) is 6.43 Å². The number of hydrogen-bond acceptors (Lipinski definition) is 1. The van der Waals surface area contributed by atoms with E-state index >= 15 is 0 Å². The van der Waals surface area contributed by atoms with Crippen LogP contribution in [0.4, 0.5) is 13.2 Å². The van der Waals surface area contributed by atoms with Crippen molar-refractivity contribution in [3.8, 4) is 0 Å². The van der Waals surface area contributed by atoms with Crippen LogP contribution in [0.3, 0.4) is 0 Å². The molecule has 12 heavy (non-hydrogen) atoms. The molecule has 0 atom stereocenters. The van der Waals surface area contributed by atoms with Crippen LogP contribution in [0.2, 0.25) is 0 Å². The topological polar surface area (TPSA) is 12.9 Å². The van der Waals surface area contributed by atoms with E-state index in [0.717, 1.165) is 6.20 Å². The van der Waals surface area contributed by atoms with Gasteiger partial charge in [-0.25, -0.2) is 18.2 Å². The molecule has 66 valence electrons. The minimum Gasteiger partial charge on any atom is -0.247 e. The summed E-state index contributed by atoms with van der Waals surface area (Å²) in [5.74, 6) is -0.702. The number of nitrogens with zero attached hydrogens (tertiary/aromatic N) is 1. The lowest BCUT2D eigenvalue weighted by molar-refractivity contribution is 0.148. The molecule has 0 radical (unpaired) electrons. The van der Waals surface area contributed by atoms with Crippen LogP contribution >= 0.6 is 45.2 Å². The predicted molar refractivity (Wildman–Crippen MR) is 54.6 cm³/mol. The van der Waals surface area contributed by atoms with Gasteiger partial charge in [-0.3, -0.25) is 0 Å². The molecule has 0 saturated carbocycles. The average Bonchev–Trinajstić information content (AvgIpc) is 1.97. The zero-order valence-corrected chi connectivity index (χ0v) is 9.81. The van der Waals surface area contributed by atoms with E-state index in [9.17, 15) is 13.2 Å². The molecule has 0 N–H and O–H groups in total. The SMILES string of the molecule is Fc1cnc(I)c(C(F)F)c1I. The Morgan fingerprint density at radius 3 is 2.33 bits per heavy atom. The van der Waals surface area contributed by atoms with Gasteiger partial charge in [0.2, 0.25) is 0 Å². The summed E-state index contributed by atoms with van der Waals surface area (Å²) in [6, 6.07) is 0. The minimum absolute atomic E-state index is 0.0537. The maximum Gasteiger partial charge on any atom is 0.267 e. The van der Waals surface area contributed by atoms with Gasteiger partial charge in [0, 0.05) is 0 Å². The van der Waals surface area contributed by atoms with Crippen LogP contribution in [-0.2, 0) is 0 Å². The maximum absolute atomic E-state index is 12.7. The third kappa shape index (κ3) is 2.01. The zero-order valence-electron chi connectivity index (χ0n) is 5.49. The Morgan fingerprint density at radius 1 is 1.33 bits per heavy atom. The van der Waals surface area contributed by atoms with Crippen molar-refractivity contribution in [2.24, 2.45) is 0 Å². The summed E-state index contributed by atoms with van der Waals surface area (Å²) in [5.41, 5.74) is -0.323. The van der Waals surface area contributed by atoms with Crippen LogP contribution in [0, 0.1) is 13.1 Å². The molecule has 1 aromatic heterocycles. The van der Waals surface area contributed by atoms with Gasteiger partial charge < -0.3 is 0 Å². The Bertz CT molecular complexity index is 303. The molecule has 0 amide bonds. The summed E-state index contributed by atoms with van der Waals surface area (Å²) in [7, 11) is 0. The first kappa shape index (κ1) is 10.5. The Hall–Kier alpha value is 0.400. The second-order valence-electron chi connectivity index (χ2n) is 1.93. The standard InChI is InChI=1S/C6H2F3I2N/c7-2-1-12-6(11)3(4(2)10)5(8)9/h1,5H. The van der Waals surface area contributed by atoms with Crippen molar-refractivity contribution >= 4 is 45.2 Å². The van der Waals surface area contributed by atoms with Gasteiger partial charge in [-0.15, -0.1) is 0 Å². The molecule has 1 heterocycles. The third-order valence-corrected chi connectivity index (χ3v) is 3.13. The molecule has 0 spiro atoms. The van der Waals surface area contributed by atoms with Gasteiger partial charge in [0.15, 0.2) is 5.82 Å². The van der Waals surface area contributed by atoms with Gasteiger partial charge in [0.1, 0.15) is 3.70 Å². The fraction of sp³-hybridized carbons (Fsp3) is 0.167. The minimum atomic E-state index is -2.67. The fourth-order valence-corrected chi connectivity index (χ4v) is 2.44. The summed E-state index contributed by atoms with van der Waals surface area (Å²) in [5, 5.41) is 0. The van der Waals surface area contributed by atoms with Crippen molar-refractivity contribution < 1.29 is 13.2 Å². The molecular formula is C6H2F3I2N. The highest BCUT2D eigenvalue weighted by molar-refractivity contribution is 14.1. The molecule has 6 heteroatoms. The molecule has 1 aromatic rings. The summed E-state index contributed by atoms with van der Waals surface area (Å²) >= 11 is 3.20. The number of halogens is 5. The molecule has 0 aliphatic carbocycles. The molecule has 0 aromatic carbocycles. The first-order chi connectivity index (χ1) is 5.54. The molecule has 1 nitrogen and oxygen atoms in total. The highest BCUT2D eigenvalue weighted by Gasteiger charge is 2.19. The van der Waals surface area contributed by atoms with E-state index in [1.807, 2.05) is 0 Å². The Morgan fingerprint density at radius 2 is 1.92 bits per heavy atom. The summed E-state index contributed by atoms with van der Waals surface area (Å²) in [4.78, 5) is 3.49. The second kappa shape index (κ2) is 4.07. The number of aromatic nitrogens is 1. The first-order valence-electron chi connectivity index (χ1n) is 2.81. The van der Waals surface area contributed by atoms with Gasteiger partial charge in [-0.2, -0.15) is 0 Å². The quantitative estimate of drug-likeness (QED) is 0.522. The van der Waals surface area contributed by atoms with E-state index in [1.165, 1.54) is 0 Å². The zero-order chi connectivity index (χ0) is 9.30. The van der Waals surface area contributed by atoms with Crippen molar-refractivity contribution in [3.63, 3.8) is 0 Å². The van der Waals surface area contributed by atoms with Crippen LogP contribution in [0.25, 0.3) is 0 Å². The van der Waals surface area contributed by atoms with Crippen LogP contribution in [0.1, 0.15) is 12.0 Å². The lowest BCUT2D eigenvalue weighted by Gasteiger charge is -2.05. The molecule has 0 saturated heterocycles. The predicted octanol–water partition coefficient (Wildman–Crippen LogP) is 3.37. The Kier molecular flexibility index (Phi) is 3.56. The van der Waals surface area contributed by atoms with E-state index in [1.54, 1.807) is 45.2 Å². The Balaban J connectivity index is 3.33. The molecule has 0 aliphatic heterocycles. The van der Waals surface area contributed by atoms with E-state index < -0.39 is 12.2 Å². The highest BCUT2D eigenvalue weighted by Crippen LogP contribution is 2.29. The number of pyridine rings is 1. The average molecular weight is 399 g/mol. The molecule has 1 rings (SSSR count). The summed E-state index contributed by atoms with van der Waals surface area (Å²) in [6.45, 7) is 0. The van der Waals surface area contributed by atoms with Gasteiger partial charge >= 0.3 is 0 Å². The monoisotopic (exact) mass is 399 g/mol. The summed E-state index contributed by atoms with van der Waals surface area (Å²) in [6.07, 6.45) is -1.73. The van der Waals surface area contributed by atoms with Gasteiger partial charge in [-0.1, -0.05) is 0 Å². The molecule has 0 unspecified atom stereocenters. The number of rotatable bonds is 1. The molecule has 0 bridgehead atoms. The van der Waals surface area contributed by atoms with Crippen molar-refractivity contribution in [1.82, 2.24) is 4.98 Å². The van der Waals surface area contributed by atoms with E-state index in [-0.39, 0.29) is 12.8 Å². The lowest BCUT2D eigenvalue weighted by Crippen LogP contribution is -1.99. The van der Waals surface area contributed by atoms with Crippen LogP contribution in [0.15, 0.2) is 6.20 Å². The number of hydrogen-bond donors (Lipinski definition) is 0. The van der Waals surface area contributed by atoms with Crippen molar-refractivity contribution in [2.75, 3.05) is 0 Å². The smallest absolute Gasteiger partial charge is 0.247 e. The van der Waals surface area contributed by atoms with Crippen LogP contribution in [0.5, 0.6) is 0 Å². The molecule has 0 fully saturated rings. The molecule has 0 aliphatic rings. The summed E-state index contributed by atoms with van der Waals surface area (Å²) < 4.78 is 37.3. The number of alkyl halides is 2. The maximum atomic E-state index is 12.7.